The molecule has 0 saturated heterocycles. The highest BCUT2D eigenvalue weighted by molar-refractivity contribution is 7.91. The summed E-state index contributed by atoms with van der Waals surface area (Å²) in [5, 5.41) is 6.67. The maximum atomic E-state index is 12.8. The average molecular weight is 731 g/mol. The molecule has 2 unspecified atom stereocenters. The van der Waals surface area contributed by atoms with Gasteiger partial charge >= 0.3 is 0 Å². The number of amidine groups is 1. The molecule has 9 nitrogen and oxygen atoms in total. The Bertz CT molecular complexity index is 2010. The Labute approximate surface area is 303 Å². The van der Waals surface area contributed by atoms with E-state index in [2.05, 4.69) is 9.73 Å². The van der Waals surface area contributed by atoms with Gasteiger partial charge in [0.2, 0.25) is 19.7 Å². The highest BCUT2D eigenvalue weighted by Gasteiger charge is 2.25. The predicted molar refractivity (Wildman–Crippen MR) is 204 cm³/mol. The van der Waals surface area contributed by atoms with Crippen molar-refractivity contribution < 1.29 is 21.6 Å². The number of nitrogens with zero attached hydrogens (tertiary/aromatic N) is 1. The summed E-state index contributed by atoms with van der Waals surface area (Å²) in [6, 6.07) is 28.2. The van der Waals surface area contributed by atoms with Crippen LogP contribution in [0, 0.1) is 5.41 Å². The predicted octanol–water partition coefficient (Wildman–Crippen LogP) is 7.23. The molecule has 2 aliphatic rings. The van der Waals surface area contributed by atoms with E-state index >= 15 is 0 Å². The molecule has 4 aromatic rings. The zero-order valence-electron chi connectivity index (χ0n) is 29.7. The van der Waals surface area contributed by atoms with Crippen LogP contribution < -0.4 is 11.5 Å². The van der Waals surface area contributed by atoms with E-state index in [-0.39, 0.29) is 5.90 Å². The highest BCUT2D eigenvalue weighted by atomic mass is 32.2. The number of ether oxygens (including phenoxy) is 1. The van der Waals surface area contributed by atoms with Gasteiger partial charge in [-0.25, -0.2) is 16.8 Å². The maximum Gasteiger partial charge on any atom is 0.206 e. The minimum absolute atomic E-state index is 0.289. The van der Waals surface area contributed by atoms with Gasteiger partial charge in [0.15, 0.2) is 5.90 Å². The van der Waals surface area contributed by atoms with Gasteiger partial charge in [0.05, 0.1) is 32.0 Å². The lowest BCUT2D eigenvalue weighted by Gasteiger charge is -2.25. The summed E-state index contributed by atoms with van der Waals surface area (Å²) in [5.74, 6) is 1.56. The second-order valence-corrected chi connectivity index (χ2v) is 16.6. The summed E-state index contributed by atoms with van der Waals surface area (Å²) >= 11 is 0. The average Bonchev–Trinajstić information content (AvgIpc) is 3.14. The minimum Gasteiger partial charge on any atom is -0.482 e. The number of rotatable bonds is 8. The molecule has 0 spiro atoms. The standard InChI is InChI=1S/C19H22N2O2S.C17H19NO2S.C4H9NO/c1-14(20)21-13-16-7-5-6-15-12-18(10-11-19(15)16)24(22,23)17-8-3-2-4-9-17;18-12-14-6-4-5-13-11-16(9-10-17(13)14)21(19,20)15-7-2-1-3-8-15;1-3-6-4(2)5/h2-4,8-12,16H,5-7,13H2,1H3,(H2,20,21);1-3,7-11,14H,4-6,12,18H2;5H,3H2,1-2H3. The molecule has 0 amide bonds. The van der Waals surface area contributed by atoms with Crippen LogP contribution >= 0.6 is 0 Å². The molecule has 11 heteroatoms. The maximum absolute atomic E-state index is 12.8. The van der Waals surface area contributed by atoms with Crippen LogP contribution in [0.25, 0.3) is 0 Å². The third-order valence-corrected chi connectivity index (χ3v) is 12.6. The largest absolute Gasteiger partial charge is 0.482 e. The van der Waals surface area contributed by atoms with Crippen molar-refractivity contribution in [2.45, 2.75) is 90.7 Å². The van der Waals surface area contributed by atoms with E-state index in [0.29, 0.717) is 56.9 Å². The van der Waals surface area contributed by atoms with E-state index < -0.39 is 19.7 Å². The lowest BCUT2D eigenvalue weighted by atomic mass is 9.83. The van der Waals surface area contributed by atoms with Gasteiger partial charge < -0.3 is 16.2 Å². The molecule has 0 radical (unpaired) electrons. The molecule has 2 aliphatic carbocycles. The quantitative estimate of drug-likeness (QED) is 0.127. The molecular weight excluding hydrogens is 681 g/mol. The van der Waals surface area contributed by atoms with Gasteiger partial charge in [0.25, 0.3) is 0 Å². The number of aryl methyl sites for hydroxylation is 2. The molecular formula is C40H50N4O5S2. The number of nitrogens with two attached hydrogens (primary N) is 2. The zero-order valence-corrected chi connectivity index (χ0v) is 31.3. The van der Waals surface area contributed by atoms with Crippen LogP contribution in [-0.2, 0) is 37.3 Å². The Morgan fingerprint density at radius 2 is 1.18 bits per heavy atom. The van der Waals surface area contributed by atoms with Crippen LogP contribution in [0.1, 0.15) is 80.5 Å². The van der Waals surface area contributed by atoms with Crippen LogP contribution in [0.3, 0.4) is 0 Å². The third kappa shape index (κ3) is 10.4. The summed E-state index contributed by atoms with van der Waals surface area (Å²) in [6.07, 6.45) is 6.12. The second kappa shape index (κ2) is 18.3. The lowest BCUT2D eigenvalue weighted by molar-refractivity contribution is 0.321. The number of aliphatic imine (C=N–C) groups is 1. The number of hydrogen-bond acceptors (Lipinski definition) is 8. The van der Waals surface area contributed by atoms with Gasteiger partial charge in [-0.05, 0) is 136 Å². The molecule has 0 aromatic heterocycles. The van der Waals surface area contributed by atoms with E-state index in [4.69, 9.17) is 16.9 Å². The van der Waals surface area contributed by atoms with Crippen molar-refractivity contribution in [2.24, 2.45) is 16.5 Å². The molecule has 5 N–H and O–H groups in total. The smallest absolute Gasteiger partial charge is 0.206 e. The number of hydrogen-bond donors (Lipinski definition) is 3. The molecule has 4 aromatic carbocycles. The second-order valence-electron chi connectivity index (χ2n) is 12.7. The van der Waals surface area contributed by atoms with Crippen molar-refractivity contribution in [1.82, 2.24) is 0 Å². The van der Waals surface area contributed by atoms with E-state index in [1.807, 2.05) is 43.3 Å². The number of fused-ring (bicyclic) bond motifs is 2. The summed E-state index contributed by atoms with van der Waals surface area (Å²) in [5.41, 5.74) is 16.1. The number of nitrogens with one attached hydrogen (secondary N) is 1. The van der Waals surface area contributed by atoms with Gasteiger partial charge in [-0.2, -0.15) is 0 Å². The third-order valence-electron chi connectivity index (χ3n) is 9.04. The van der Waals surface area contributed by atoms with Gasteiger partial charge in [0.1, 0.15) is 0 Å². The Kier molecular flexibility index (Phi) is 14.1. The van der Waals surface area contributed by atoms with E-state index in [0.717, 1.165) is 49.7 Å². The first-order chi connectivity index (χ1) is 24.4. The van der Waals surface area contributed by atoms with Gasteiger partial charge in [-0.3, -0.25) is 10.4 Å². The van der Waals surface area contributed by atoms with Crippen molar-refractivity contribution in [2.75, 3.05) is 19.7 Å². The van der Waals surface area contributed by atoms with Crippen molar-refractivity contribution in [3.63, 3.8) is 0 Å². The first kappa shape index (κ1) is 39.5. The van der Waals surface area contributed by atoms with Crippen LogP contribution in [0.4, 0.5) is 0 Å². The summed E-state index contributed by atoms with van der Waals surface area (Å²) in [6.45, 7) is 7.16. The van der Waals surface area contributed by atoms with Crippen molar-refractivity contribution in [3.8, 4) is 0 Å². The Morgan fingerprint density at radius 1 is 0.725 bits per heavy atom. The van der Waals surface area contributed by atoms with Crippen molar-refractivity contribution >= 4 is 31.4 Å². The van der Waals surface area contributed by atoms with E-state index in [1.165, 1.54) is 11.1 Å². The van der Waals surface area contributed by atoms with Crippen LogP contribution in [0.15, 0.2) is 122 Å². The zero-order chi connectivity index (χ0) is 37.0. The number of sulfone groups is 2. The Morgan fingerprint density at radius 3 is 1.57 bits per heavy atom. The van der Waals surface area contributed by atoms with Crippen molar-refractivity contribution in [3.05, 3.63) is 119 Å². The fourth-order valence-electron chi connectivity index (χ4n) is 6.49. The van der Waals surface area contributed by atoms with E-state index in [1.54, 1.807) is 74.5 Å². The molecule has 0 saturated carbocycles. The molecule has 0 bridgehead atoms. The molecule has 0 fully saturated rings. The van der Waals surface area contributed by atoms with Crippen LogP contribution in [-0.4, -0.2) is 48.3 Å². The molecule has 51 heavy (non-hydrogen) atoms. The summed E-state index contributed by atoms with van der Waals surface area (Å²) in [4.78, 5) is 5.77. The lowest BCUT2D eigenvalue weighted by Crippen LogP contribution is -2.18. The van der Waals surface area contributed by atoms with Gasteiger partial charge in [0, 0.05) is 19.4 Å². The molecule has 272 valence electrons. The van der Waals surface area contributed by atoms with Crippen LogP contribution in [0.5, 0.6) is 0 Å². The Hall–Kier alpha value is -4.32. The summed E-state index contributed by atoms with van der Waals surface area (Å²) < 4.78 is 55.5. The summed E-state index contributed by atoms with van der Waals surface area (Å²) in [7, 11) is -6.89. The van der Waals surface area contributed by atoms with Gasteiger partial charge in [-0.1, -0.05) is 48.5 Å². The monoisotopic (exact) mass is 730 g/mol. The molecule has 0 heterocycles. The minimum atomic E-state index is -3.46. The molecule has 6 rings (SSSR count). The van der Waals surface area contributed by atoms with Gasteiger partial charge in [-0.15, -0.1) is 0 Å². The fraction of sp³-hybridized carbons (Fsp3) is 0.350. The normalized spacial score (nSPS) is 17.0. The Balaban J connectivity index is 0.000000199. The van der Waals surface area contributed by atoms with Crippen LogP contribution in [0.2, 0.25) is 0 Å². The molecule has 0 aliphatic heterocycles. The first-order valence-corrected chi connectivity index (χ1v) is 20.4. The SMILES string of the molecule is CC(N)=NCC1CCCc2cc(S(=O)(=O)c3ccccc3)ccc21.CCOC(C)=N.NCC1CCCc2cc(S(=O)(=O)c3ccccc3)ccc21. The van der Waals surface area contributed by atoms with E-state index in [9.17, 15) is 16.8 Å². The van der Waals surface area contributed by atoms with Crippen molar-refractivity contribution in [1.29, 1.82) is 5.41 Å². The first-order valence-electron chi connectivity index (χ1n) is 17.4. The fourth-order valence-corrected chi connectivity index (χ4v) is 9.16. The highest BCUT2D eigenvalue weighted by Crippen LogP contribution is 2.35. The number of benzene rings is 4. The topological polar surface area (TPSA) is 166 Å². The molecule has 2 atom stereocenters.